The molecule has 0 fully saturated rings. The Morgan fingerprint density at radius 3 is 2.64 bits per heavy atom. The lowest BCUT2D eigenvalue weighted by atomic mass is 10.2. The zero-order valence-electron chi connectivity index (χ0n) is 7.64. The monoisotopic (exact) mass is 179 g/mol. The quantitative estimate of drug-likeness (QED) is 0.575. The molecule has 11 heavy (non-hydrogen) atoms. The van der Waals surface area contributed by atoms with Crippen molar-refractivity contribution in [2.75, 3.05) is 33.2 Å². The van der Waals surface area contributed by atoms with Crippen LogP contribution in [0.25, 0.3) is 0 Å². The molecule has 0 bridgehead atoms. The van der Waals surface area contributed by atoms with Crippen molar-refractivity contribution in [1.82, 2.24) is 4.90 Å². The summed E-state index contributed by atoms with van der Waals surface area (Å²) in [7, 11) is 3.82. The summed E-state index contributed by atoms with van der Waals surface area (Å²) in [6, 6.07) is 0.564. The molecule has 0 rings (SSSR count). The molecule has 2 nitrogen and oxygen atoms in total. The Morgan fingerprint density at radius 1 is 1.55 bits per heavy atom. The Kier molecular flexibility index (Phi) is 7.02. The van der Waals surface area contributed by atoms with E-state index in [0.29, 0.717) is 11.9 Å². The molecule has 68 valence electrons. The molecule has 0 heterocycles. The number of alkyl halides is 1. The normalized spacial score (nSPS) is 13.9. The van der Waals surface area contributed by atoms with E-state index in [0.717, 1.165) is 19.6 Å². The second-order valence-corrected chi connectivity index (χ2v) is 3.18. The fraction of sp³-hybridized carbons (Fsp3) is 1.00. The molecule has 0 spiro atoms. The van der Waals surface area contributed by atoms with Crippen LogP contribution in [0.2, 0.25) is 0 Å². The first kappa shape index (κ1) is 11.2. The second-order valence-electron chi connectivity index (χ2n) is 2.80. The van der Waals surface area contributed by atoms with Gasteiger partial charge in [-0.05, 0) is 20.4 Å². The van der Waals surface area contributed by atoms with Crippen molar-refractivity contribution in [2.24, 2.45) is 0 Å². The van der Waals surface area contributed by atoms with Crippen LogP contribution in [0, 0.1) is 0 Å². The maximum atomic E-state index is 5.60. The van der Waals surface area contributed by atoms with Gasteiger partial charge in [-0.1, -0.05) is 0 Å². The van der Waals surface area contributed by atoms with E-state index in [4.69, 9.17) is 16.3 Å². The van der Waals surface area contributed by atoms with Crippen LogP contribution >= 0.6 is 11.6 Å². The summed E-state index contributed by atoms with van der Waals surface area (Å²) in [6.45, 7) is 3.96. The van der Waals surface area contributed by atoms with Gasteiger partial charge < -0.3 is 9.64 Å². The molecule has 1 unspecified atom stereocenters. The van der Waals surface area contributed by atoms with Gasteiger partial charge in [-0.25, -0.2) is 0 Å². The van der Waals surface area contributed by atoms with Crippen molar-refractivity contribution in [3.05, 3.63) is 0 Å². The number of rotatable bonds is 6. The number of halogens is 1. The number of ether oxygens (including phenoxy) is 1. The molecule has 0 saturated carbocycles. The number of nitrogens with zero attached hydrogens (tertiary/aromatic N) is 1. The van der Waals surface area contributed by atoms with Gasteiger partial charge in [0.2, 0.25) is 0 Å². The van der Waals surface area contributed by atoms with E-state index >= 15 is 0 Å². The van der Waals surface area contributed by atoms with Crippen molar-refractivity contribution in [3.63, 3.8) is 0 Å². The number of methoxy groups -OCH3 is 1. The molecule has 3 heteroatoms. The topological polar surface area (TPSA) is 12.5 Å². The van der Waals surface area contributed by atoms with Crippen molar-refractivity contribution < 1.29 is 4.74 Å². The summed E-state index contributed by atoms with van der Waals surface area (Å²) in [5.74, 6) is 0.702. The van der Waals surface area contributed by atoms with Gasteiger partial charge in [-0.3, -0.25) is 0 Å². The standard InChI is InChI=1S/C8H18ClNO/c1-8(4-7-11-3)10(2)6-5-9/h8H,4-7H2,1-3H3. The van der Waals surface area contributed by atoms with Gasteiger partial charge in [-0.15, -0.1) is 11.6 Å². The van der Waals surface area contributed by atoms with Crippen LogP contribution in [0.15, 0.2) is 0 Å². The van der Waals surface area contributed by atoms with Crippen LogP contribution in [-0.4, -0.2) is 44.1 Å². The van der Waals surface area contributed by atoms with Gasteiger partial charge in [0.15, 0.2) is 0 Å². The molecule has 0 aliphatic heterocycles. The van der Waals surface area contributed by atoms with Gasteiger partial charge in [0.1, 0.15) is 0 Å². The summed E-state index contributed by atoms with van der Waals surface area (Å²) >= 11 is 5.60. The van der Waals surface area contributed by atoms with Crippen LogP contribution in [-0.2, 0) is 4.74 Å². The summed E-state index contributed by atoms with van der Waals surface area (Å²) in [4.78, 5) is 2.24. The molecule has 0 N–H and O–H groups in total. The van der Waals surface area contributed by atoms with Crippen LogP contribution in [0.3, 0.4) is 0 Å². The average Bonchev–Trinajstić information content (AvgIpc) is 2.00. The predicted octanol–water partition coefficient (Wildman–Crippen LogP) is 1.58. The minimum absolute atomic E-state index is 0.564. The fourth-order valence-corrected chi connectivity index (χ4v) is 1.13. The smallest absolute Gasteiger partial charge is 0.0477 e. The summed E-state index contributed by atoms with van der Waals surface area (Å²) in [6.07, 6.45) is 1.07. The van der Waals surface area contributed by atoms with Gasteiger partial charge in [0, 0.05) is 32.2 Å². The Labute approximate surface area is 74.5 Å². The van der Waals surface area contributed by atoms with Crippen molar-refractivity contribution in [3.8, 4) is 0 Å². The van der Waals surface area contributed by atoms with Crippen LogP contribution in [0.5, 0.6) is 0 Å². The van der Waals surface area contributed by atoms with E-state index in [9.17, 15) is 0 Å². The minimum Gasteiger partial charge on any atom is -0.385 e. The molecule has 1 atom stereocenters. The average molecular weight is 180 g/mol. The largest absolute Gasteiger partial charge is 0.385 e. The molecular weight excluding hydrogens is 162 g/mol. The zero-order chi connectivity index (χ0) is 8.69. The van der Waals surface area contributed by atoms with Gasteiger partial charge in [-0.2, -0.15) is 0 Å². The fourth-order valence-electron chi connectivity index (χ4n) is 0.862. The van der Waals surface area contributed by atoms with Gasteiger partial charge >= 0.3 is 0 Å². The molecule has 0 aliphatic rings. The second kappa shape index (κ2) is 6.89. The molecule has 0 amide bonds. The summed E-state index contributed by atoms with van der Waals surface area (Å²) < 4.78 is 4.98. The Hall–Kier alpha value is 0.210. The lowest BCUT2D eigenvalue weighted by Crippen LogP contribution is -2.31. The predicted molar refractivity (Wildman–Crippen MR) is 49.3 cm³/mol. The van der Waals surface area contributed by atoms with E-state index in [1.165, 1.54) is 0 Å². The molecule has 0 saturated heterocycles. The third kappa shape index (κ3) is 5.48. The summed E-state index contributed by atoms with van der Waals surface area (Å²) in [5, 5.41) is 0. The van der Waals surface area contributed by atoms with E-state index in [1.54, 1.807) is 7.11 Å². The molecule has 0 aromatic rings. The Morgan fingerprint density at radius 2 is 2.18 bits per heavy atom. The Balaban J connectivity index is 3.38. The highest BCUT2D eigenvalue weighted by Crippen LogP contribution is 2.00. The first-order valence-corrected chi connectivity index (χ1v) is 4.51. The molecule has 0 aromatic carbocycles. The van der Waals surface area contributed by atoms with E-state index in [-0.39, 0.29) is 0 Å². The third-order valence-corrected chi connectivity index (χ3v) is 2.10. The van der Waals surface area contributed by atoms with E-state index in [2.05, 4.69) is 18.9 Å². The Bertz CT molecular complexity index is 90.2. The van der Waals surface area contributed by atoms with Crippen LogP contribution < -0.4 is 0 Å². The minimum atomic E-state index is 0.564. The van der Waals surface area contributed by atoms with Crippen LogP contribution in [0.4, 0.5) is 0 Å². The molecule has 0 aromatic heterocycles. The number of hydrogen-bond acceptors (Lipinski definition) is 2. The van der Waals surface area contributed by atoms with Gasteiger partial charge in [0.05, 0.1) is 0 Å². The molecule has 0 radical (unpaired) electrons. The lowest BCUT2D eigenvalue weighted by Gasteiger charge is -2.23. The van der Waals surface area contributed by atoms with Gasteiger partial charge in [0.25, 0.3) is 0 Å². The molecular formula is C8H18ClNO. The van der Waals surface area contributed by atoms with Crippen LogP contribution in [0.1, 0.15) is 13.3 Å². The zero-order valence-corrected chi connectivity index (χ0v) is 8.40. The highest BCUT2D eigenvalue weighted by Gasteiger charge is 2.06. The highest BCUT2D eigenvalue weighted by atomic mass is 35.5. The summed E-state index contributed by atoms with van der Waals surface area (Å²) in [5.41, 5.74) is 0. The van der Waals surface area contributed by atoms with E-state index < -0.39 is 0 Å². The van der Waals surface area contributed by atoms with Crippen molar-refractivity contribution >= 4 is 11.6 Å². The lowest BCUT2D eigenvalue weighted by molar-refractivity contribution is 0.156. The van der Waals surface area contributed by atoms with E-state index in [1.807, 2.05) is 0 Å². The first-order valence-electron chi connectivity index (χ1n) is 3.97. The number of hydrogen-bond donors (Lipinski definition) is 0. The van der Waals surface area contributed by atoms with Crippen molar-refractivity contribution in [1.29, 1.82) is 0 Å². The first-order chi connectivity index (χ1) is 5.22. The maximum Gasteiger partial charge on any atom is 0.0477 e. The molecule has 0 aliphatic carbocycles. The SMILES string of the molecule is COCCC(C)N(C)CCCl. The third-order valence-electron chi connectivity index (χ3n) is 1.93. The van der Waals surface area contributed by atoms with Crippen molar-refractivity contribution in [2.45, 2.75) is 19.4 Å². The highest BCUT2D eigenvalue weighted by molar-refractivity contribution is 6.18. The maximum absolute atomic E-state index is 5.60.